The van der Waals surface area contributed by atoms with Crippen LogP contribution >= 0.6 is 11.6 Å². The van der Waals surface area contributed by atoms with E-state index in [1.54, 1.807) is 25.1 Å². The first-order chi connectivity index (χ1) is 10.3. The summed E-state index contributed by atoms with van der Waals surface area (Å²) in [5.41, 5.74) is 7.49. The lowest BCUT2D eigenvalue weighted by Gasteiger charge is -2.11. The number of carbonyl (C=O) groups excluding carboxylic acids is 2. The third-order valence-electron chi connectivity index (χ3n) is 3.28. The number of benzene rings is 1. The average molecular weight is 321 g/mol. The van der Waals surface area contributed by atoms with Crippen LogP contribution in [0.25, 0.3) is 0 Å². The molecule has 6 nitrogen and oxygen atoms in total. The molecule has 0 saturated carbocycles. The van der Waals surface area contributed by atoms with Crippen LogP contribution in [-0.2, 0) is 0 Å². The molecule has 0 atom stereocenters. The van der Waals surface area contributed by atoms with Crippen LogP contribution in [0.3, 0.4) is 0 Å². The summed E-state index contributed by atoms with van der Waals surface area (Å²) in [6.07, 6.45) is 0. The van der Waals surface area contributed by atoms with Gasteiger partial charge in [-0.1, -0.05) is 25.4 Å². The fourth-order valence-electron chi connectivity index (χ4n) is 2.14. The van der Waals surface area contributed by atoms with Gasteiger partial charge < -0.3 is 11.1 Å². The van der Waals surface area contributed by atoms with Crippen LogP contribution in [-0.4, -0.2) is 22.0 Å². The third kappa shape index (κ3) is 3.12. The van der Waals surface area contributed by atoms with Crippen LogP contribution in [0.2, 0.25) is 5.02 Å². The minimum absolute atomic E-state index is 0.0173. The molecule has 116 valence electrons. The van der Waals surface area contributed by atoms with Gasteiger partial charge >= 0.3 is 0 Å². The van der Waals surface area contributed by atoms with Crippen LogP contribution in [0.4, 0.5) is 5.69 Å². The number of aryl methyl sites for hydroxylation is 1. The van der Waals surface area contributed by atoms with E-state index in [9.17, 15) is 9.59 Å². The van der Waals surface area contributed by atoms with Crippen LogP contribution in [0.1, 0.15) is 51.9 Å². The number of hydrogen-bond donors (Lipinski definition) is 3. The maximum Gasteiger partial charge on any atom is 0.271 e. The van der Waals surface area contributed by atoms with Gasteiger partial charge in [0.15, 0.2) is 5.69 Å². The highest BCUT2D eigenvalue weighted by Crippen LogP contribution is 2.26. The molecule has 22 heavy (non-hydrogen) atoms. The van der Waals surface area contributed by atoms with Crippen molar-refractivity contribution in [2.45, 2.75) is 26.7 Å². The number of aromatic nitrogens is 2. The molecule has 2 aromatic rings. The van der Waals surface area contributed by atoms with Crippen LogP contribution in [0.5, 0.6) is 0 Å². The number of nitrogens with one attached hydrogen (secondary N) is 2. The minimum atomic E-state index is -0.703. The molecule has 0 saturated heterocycles. The SMILES string of the molecule is Cc1cc(Cl)ccc1C(=O)Nc1c(C(N)=O)n[nH]c1C(C)C. The van der Waals surface area contributed by atoms with Crippen LogP contribution in [0.15, 0.2) is 18.2 Å². The summed E-state index contributed by atoms with van der Waals surface area (Å²) in [4.78, 5) is 23.9. The van der Waals surface area contributed by atoms with E-state index in [1.165, 1.54) is 0 Å². The Balaban J connectivity index is 2.39. The van der Waals surface area contributed by atoms with Crippen molar-refractivity contribution in [3.8, 4) is 0 Å². The Bertz CT molecular complexity index is 737. The number of rotatable bonds is 4. The average Bonchev–Trinajstić information content (AvgIpc) is 2.82. The molecule has 0 aliphatic rings. The second-order valence-electron chi connectivity index (χ2n) is 5.29. The molecule has 0 spiro atoms. The van der Waals surface area contributed by atoms with Gasteiger partial charge in [-0.2, -0.15) is 5.10 Å². The zero-order valence-corrected chi connectivity index (χ0v) is 13.3. The molecule has 2 rings (SSSR count). The van der Waals surface area contributed by atoms with E-state index in [-0.39, 0.29) is 17.5 Å². The number of H-pyrrole nitrogens is 1. The molecule has 0 unspecified atom stereocenters. The molecule has 0 fully saturated rings. The molecule has 7 heteroatoms. The second-order valence-corrected chi connectivity index (χ2v) is 5.73. The first-order valence-corrected chi connectivity index (χ1v) is 7.14. The lowest BCUT2D eigenvalue weighted by atomic mass is 10.1. The maximum absolute atomic E-state index is 12.4. The predicted octanol–water partition coefficient (Wildman–Crippen LogP) is 2.85. The van der Waals surface area contributed by atoms with Crippen molar-refractivity contribution in [2.75, 3.05) is 5.32 Å². The van der Waals surface area contributed by atoms with Crippen LogP contribution in [0, 0.1) is 6.92 Å². The number of nitrogens with two attached hydrogens (primary N) is 1. The zero-order valence-electron chi connectivity index (χ0n) is 12.5. The highest BCUT2D eigenvalue weighted by molar-refractivity contribution is 6.30. The molecule has 0 bridgehead atoms. The molecule has 0 radical (unpaired) electrons. The van der Waals surface area contributed by atoms with Crippen LogP contribution < -0.4 is 11.1 Å². The van der Waals surface area contributed by atoms with E-state index >= 15 is 0 Å². The van der Waals surface area contributed by atoms with Crippen molar-refractivity contribution in [2.24, 2.45) is 5.73 Å². The summed E-state index contributed by atoms with van der Waals surface area (Å²) in [5, 5.41) is 9.91. The molecular formula is C15H17ClN4O2. The van der Waals surface area contributed by atoms with E-state index < -0.39 is 5.91 Å². The summed E-state index contributed by atoms with van der Waals surface area (Å²) < 4.78 is 0. The summed E-state index contributed by atoms with van der Waals surface area (Å²) in [5.74, 6) is -1.01. The van der Waals surface area contributed by atoms with E-state index in [0.717, 1.165) is 5.56 Å². The van der Waals surface area contributed by atoms with Crippen molar-refractivity contribution < 1.29 is 9.59 Å². The molecule has 4 N–H and O–H groups in total. The molecule has 0 aliphatic carbocycles. The number of aromatic amines is 1. The predicted molar refractivity (Wildman–Crippen MR) is 85.3 cm³/mol. The summed E-state index contributed by atoms with van der Waals surface area (Å²) in [6, 6.07) is 4.97. The quantitative estimate of drug-likeness (QED) is 0.807. The number of carbonyl (C=O) groups is 2. The molecule has 1 aromatic heterocycles. The number of halogens is 1. The van der Waals surface area contributed by atoms with Crippen molar-refractivity contribution in [1.29, 1.82) is 0 Å². The zero-order chi connectivity index (χ0) is 16.4. The molecule has 1 aromatic carbocycles. The molecular weight excluding hydrogens is 304 g/mol. The van der Waals surface area contributed by atoms with Gasteiger partial charge in [-0.3, -0.25) is 14.7 Å². The van der Waals surface area contributed by atoms with E-state index in [0.29, 0.717) is 22.0 Å². The number of hydrogen-bond acceptors (Lipinski definition) is 3. The van der Waals surface area contributed by atoms with E-state index in [1.807, 2.05) is 13.8 Å². The Morgan fingerprint density at radius 2 is 2.05 bits per heavy atom. The first-order valence-electron chi connectivity index (χ1n) is 6.76. The van der Waals surface area contributed by atoms with E-state index in [4.69, 9.17) is 17.3 Å². The largest absolute Gasteiger partial charge is 0.364 e. The molecule has 1 heterocycles. The van der Waals surface area contributed by atoms with Gasteiger partial charge in [-0.05, 0) is 36.6 Å². The van der Waals surface area contributed by atoms with Crippen molar-refractivity contribution in [3.05, 3.63) is 45.7 Å². The number of amides is 2. The molecule has 2 amide bonds. The summed E-state index contributed by atoms with van der Waals surface area (Å²) in [7, 11) is 0. The normalized spacial score (nSPS) is 10.8. The fourth-order valence-corrected chi connectivity index (χ4v) is 2.37. The van der Waals surface area contributed by atoms with Gasteiger partial charge in [0.05, 0.1) is 11.4 Å². The first kappa shape index (κ1) is 16.0. The molecule has 0 aliphatic heterocycles. The highest BCUT2D eigenvalue weighted by atomic mass is 35.5. The highest BCUT2D eigenvalue weighted by Gasteiger charge is 2.22. The van der Waals surface area contributed by atoms with Gasteiger partial charge in [0.1, 0.15) is 0 Å². The van der Waals surface area contributed by atoms with Gasteiger partial charge in [0.2, 0.25) is 0 Å². The van der Waals surface area contributed by atoms with Crippen molar-refractivity contribution >= 4 is 29.1 Å². The minimum Gasteiger partial charge on any atom is -0.364 e. The topological polar surface area (TPSA) is 101 Å². The fraction of sp³-hybridized carbons (Fsp3) is 0.267. The van der Waals surface area contributed by atoms with Gasteiger partial charge in [-0.15, -0.1) is 0 Å². The maximum atomic E-state index is 12.4. The summed E-state index contributed by atoms with van der Waals surface area (Å²) >= 11 is 5.89. The van der Waals surface area contributed by atoms with Gasteiger partial charge in [0, 0.05) is 10.6 Å². The smallest absolute Gasteiger partial charge is 0.271 e. The second kappa shape index (κ2) is 6.19. The lowest BCUT2D eigenvalue weighted by molar-refractivity contribution is 0.0996. The monoisotopic (exact) mass is 320 g/mol. The number of nitrogens with zero attached hydrogens (tertiary/aromatic N) is 1. The Kier molecular flexibility index (Phi) is 4.51. The Morgan fingerprint density at radius 1 is 1.36 bits per heavy atom. The third-order valence-corrected chi connectivity index (χ3v) is 3.51. The Hall–Kier alpha value is -2.34. The van der Waals surface area contributed by atoms with Gasteiger partial charge in [0.25, 0.3) is 11.8 Å². The Morgan fingerprint density at radius 3 is 2.59 bits per heavy atom. The summed E-state index contributed by atoms with van der Waals surface area (Å²) in [6.45, 7) is 5.62. The Labute approximate surface area is 133 Å². The van der Waals surface area contributed by atoms with E-state index in [2.05, 4.69) is 15.5 Å². The number of anilines is 1. The number of primary amides is 1. The van der Waals surface area contributed by atoms with Crippen molar-refractivity contribution in [1.82, 2.24) is 10.2 Å². The van der Waals surface area contributed by atoms with Crippen molar-refractivity contribution in [3.63, 3.8) is 0 Å². The standard InChI is InChI=1S/C15H17ClN4O2/c1-7(2)11-12(13(14(17)21)20-19-11)18-15(22)10-5-4-9(16)6-8(10)3/h4-7H,1-3H3,(H2,17,21)(H,18,22)(H,19,20). The van der Waals surface area contributed by atoms with Gasteiger partial charge in [-0.25, -0.2) is 0 Å². The lowest BCUT2D eigenvalue weighted by Crippen LogP contribution is -2.19.